The fourth-order valence-electron chi connectivity index (χ4n) is 1.70. The summed E-state index contributed by atoms with van der Waals surface area (Å²) >= 11 is 18.1. The van der Waals surface area contributed by atoms with Gasteiger partial charge in [-0.05, 0) is 55.8 Å². The number of methoxy groups -OCH3 is 1. The van der Waals surface area contributed by atoms with Crippen molar-refractivity contribution in [3.05, 3.63) is 66.5 Å². The van der Waals surface area contributed by atoms with Gasteiger partial charge in [0.25, 0.3) is 0 Å². The van der Waals surface area contributed by atoms with Gasteiger partial charge < -0.3 is 9.84 Å². The maximum Gasteiger partial charge on any atom is 0.337 e. The molecule has 0 atom stereocenters. The summed E-state index contributed by atoms with van der Waals surface area (Å²) in [6, 6.07) is 10.3. The molecule has 2 aromatic carbocycles. The van der Waals surface area contributed by atoms with Crippen molar-refractivity contribution in [2.24, 2.45) is 0 Å². The van der Waals surface area contributed by atoms with E-state index in [1.54, 1.807) is 44.2 Å². The first-order valence-electron chi connectivity index (χ1n) is 6.76. The minimum absolute atomic E-state index is 0.391. The molecule has 0 saturated carbocycles. The molecule has 0 aliphatic carbocycles. The number of aliphatic hydroxyl groups is 1. The summed E-state index contributed by atoms with van der Waals surface area (Å²) in [5, 5.41) is 10.8. The van der Waals surface area contributed by atoms with Gasteiger partial charge in [-0.1, -0.05) is 55.1 Å². The van der Waals surface area contributed by atoms with Gasteiger partial charge in [0.15, 0.2) is 0 Å². The second-order valence-corrected chi connectivity index (χ2v) is 8.07. The maximum atomic E-state index is 11.0. The number of hydrogen-bond acceptors (Lipinski definition) is 3. The number of halogens is 4. The van der Waals surface area contributed by atoms with Gasteiger partial charge in [0.1, 0.15) is 0 Å². The van der Waals surface area contributed by atoms with E-state index in [2.05, 4.69) is 36.6 Å². The Bertz CT molecular complexity index is 688. The Morgan fingerprint density at radius 2 is 1.50 bits per heavy atom. The van der Waals surface area contributed by atoms with E-state index in [1.165, 1.54) is 7.11 Å². The van der Waals surface area contributed by atoms with Crippen LogP contribution in [0.25, 0.3) is 0 Å². The molecule has 0 heterocycles. The van der Waals surface area contributed by atoms with Crippen LogP contribution in [0.3, 0.4) is 0 Å². The number of benzene rings is 2. The molecule has 0 bridgehead atoms. The molecule has 0 radical (unpaired) electrons. The fourth-order valence-corrected chi connectivity index (χ4v) is 3.42. The highest BCUT2D eigenvalue weighted by atomic mass is 79.9. The predicted octanol–water partition coefficient (Wildman–Crippen LogP) is 6.22. The normalized spacial score (nSPS) is 10.7. The number of carbonyl (C=O) groups excluding carboxylic acids is 1. The van der Waals surface area contributed by atoms with Crippen molar-refractivity contribution < 1.29 is 14.6 Å². The van der Waals surface area contributed by atoms with Crippen molar-refractivity contribution in [2.75, 3.05) is 7.11 Å². The lowest BCUT2D eigenvalue weighted by Gasteiger charge is -2.18. The standard InChI is InChI=1S/C9H10BrClO.C8H6BrClO2/c1-9(2,12)6-3-7(10)5-8(11)4-6;1-12-8(11)5-2-6(9)4-7(10)3-5/h3-5,12H,1-2H3;2-4H,1H3. The minimum Gasteiger partial charge on any atom is -0.465 e. The lowest BCUT2D eigenvalue weighted by molar-refractivity contribution is 0.0600. The average Bonchev–Trinajstić information content (AvgIpc) is 2.44. The third kappa shape index (κ3) is 7.11. The molecule has 2 rings (SSSR count). The van der Waals surface area contributed by atoms with Gasteiger partial charge >= 0.3 is 5.97 Å². The number of carbonyl (C=O) groups is 1. The topological polar surface area (TPSA) is 46.5 Å². The first-order valence-corrected chi connectivity index (χ1v) is 9.10. The van der Waals surface area contributed by atoms with Crippen molar-refractivity contribution >= 4 is 61.0 Å². The molecule has 24 heavy (non-hydrogen) atoms. The van der Waals surface area contributed by atoms with Crippen molar-refractivity contribution in [3.63, 3.8) is 0 Å². The van der Waals surface area contributed by atoms with Crippen molar-refractivity contribution in [3.8, 4) is 0 Å². The molecular weight excluding hydrogens is 483 g/mol. The largest absolute Gasteiger partial charge is 0.465 e. The lowest BCUT2D eigenvalue weighted by Crippen LogP contribution is -2.15. The Kier molecular flexibility index (Phi) is 8.23. The fraction of sp³-hybridized carbons (Fsp3) is 0.235. The van der Waals surface area contributed by atoms with Gasteiger partial charge in [-0.3, -0.25) is 0 Å². The molecule has 0 unspecified atom stereocenters. The Balaban J connectivity index is 0.000000240. The first-order chi connectivity index (χ1) is 11.0. The summed E-state index contributed by atoms with van der Waals surface area (Å²) < 4.78 is 6.17. The summed E-state index contributed by atoms with van der Waals surface area (Å²) in [5.74, 6) is -0.391. The summed E-state index contributed by atoms with van der Waals surface area (Å²) in [4.78, 5) is 11.0. The van der Waals surface area contributed by atoms with E-state index in [-0.39, 0.29) is 0 Å². The Hall–Kier alpha value is -0.590. The average molecular weight is 499 g/mol. The van der Waals surface area contributed by atoms with Crippen molar-refractivity contribution in [1.29, 1.82) is 0 Å². The van der Waals surface area contributed by atoms with Gasteiger partial charge in [0.05, 0.1) is 18.3 Å². The molecule has 130 valence electrons. The highest BCUT2D eigenvalue weighted by Crippen LogP contribution is 2.27. The molecule has 7 heteroatoms. The molecular formula is C17H16Br2Cl2O3. The Morgan fingerprint density at radius 3 is 1.92 bits per heavy atom. The van der Waals surface area contributed by atoms with Crippen LogP contribution in [-0.4, -0.2) is 18.2 Å². The highest BCUT2D eigenvalue weighted by molar-refractivity contribution is 9.10. The van der Waals surface area contributed by atoms with Crippen LogP contribution in [0.5, 0.6) is 0 Å². The van der Waals surface area contributed by atoms with Crippen molar-refractivity contribution in [2.45, 2.75) is 19.4 Å². The predicted molar refractivity (Wildman–Crippen MR) is 105 cm³/mol. The van der Waals surface area contributed by atoms with Crippen LogP contribution in [-0.2, 0) is 10.3 Å². The second kappa shape index (κ2) is 9.20. The summed E-state index contributed by atoms with van der Waals surface area (Å²) in [6.07, 6.45) is 0. The van der Waals surface area contributed by atoms with Crippen LogP contribution in [0, 0.1) is 0 Å². The van der Waals surface area contributed by atoms with Crippen LogP contribution in [0.2, 0.25) is 10.0 Å². The molecule has 0 saturated heterocycles. The van der Waals surface area contributed by atoms with Gasteiger partial charge in [-0.15, -0.1) is 0 Å². The molecule has 0 spiro atoms. The molecule has 0 aliphatic rings. The summed E-state index contributed by atoms with van der Waals surface area (Å²) in [7, 11) is 1.33. The van der Waals surface area contributed by atoms with E-state index < -0.39 is 11.6 Å². The SMILES string of the molecule is CC(C)(O)c1cc(Cl)cc(Br)c1.COC(=O)c1cc(Cl)cc(Br)c1. The molecule has 0 aliphatic heterocycles. The van der Waals surface area contributed by atoms with E-state index in [0.29, 0.717) is 15.6 Å². The molecule has 2 aromatic rings. The van der Waals surface area contributed by atoms with Crippen LogP contribution in [0.15, 0.2) is 45.3 Å². The van der Waals surface area contributed by atoms with Crippen LogP contribution in [0.4, 0.5) is 0 Å². The molecule has 1 N–H and O–H groups in total. The smallest absolute Gasteiger partial charge is 0.337 e. The van der Waals surface area contributed by atoms with E-state index in [1.807, 2.05) is 6.07 Å². The monoisotopic (exact) mass is 496 g/mol. The third-order valence-corrected chi connectivity index (χ3v) is 4.20. The van der Waals surface area contributed by atoms with Gasteiger partial charge in [-0.25, -0.2) is 4.79 Å². The quantitative estimate of drug-likeness (QED) is 0.500. The molecule has 0 fully saturated rings. The Morgan fingerprint density at radius 1 is 1.00 bits per heavy atom. The number of rotatable bonds is 2. The number of esters is 1. The zero-order valence-electron chi connectivity index (χ0n) is 13.2. The minimum atomic E-state index is -0.840. The molecule has 0 amide bonds. The third-order valence-electron chi connectivity index (χ3n) is 2.85. The van der Waals surface area contributed by atoms with Gasteiger partial charge in [-0.2, -0.15) is 0 Å². The van der Waals surface area contributed by atoms with E-state index in [4.69, 9.17) is 23.2 Å². The first kappa shape index (κ1) is 21.5. The van der Waals surface area contributed by atoms with Crippen molar-refractivity contribution in [1.82, 2.24) is 0 Å². The number of ether oxygens (including phenoxy) is 1. The summed E-state index contributed by atoms with van der Waals surface area (Å²) in [6.45, 7) is 3.45. The van der Waals surface area contributed by atoms with E-state index in [9.17, 15) is 9.90 Å². The van der Waals surface area contributed by atoms with E-state index in [0.717, 1.165) is 14.5 Å². The highest BCUT2D eigenvalue weighted by Gasteiger charge is 2.16. The lowest BCUT2D eigenvalue weighted by atomic mass is 9.99. The van der Waals surface area contributed by atoms with Crippen LogP contribution in [0.1, 0.15) is 29.8 Å². The molecule has 3 nitrogen and oxygen atoms in total. The van der Waals surface area contributed by atoms with Crippen LogP contribution >= 0.6 is 55.1 Å². The van der Waals surface area contributed by atoms with E-state index >= 15 is 0 Å². The van der Waals surface area contributed by atoms with Crippen LogP contribution < -0.4 is 0 Å². The van der Waals surface area contributed by atoms with Gasteiger partial charge in [0.2, 0.25) is 0 Å². The Labute approximate surface area is 168 Å². The number of hydrogen-bond donors (Lipinski definition) is 1. The van der Waals surface area contributed by atoms with Gasteiger partial charge in [0, 0.05) is 19.0 Å². The summed E-state index contributed by atoms with van der Waals surface area (Å²) in [5.41, 5.74) is 0.409. The zero-order valence-corrected chi connectivity index (χ0v) is 17.9. The second-order valence-electron chi connectivity index (χ2n) is 5.37. The maximum absolute atomic E-state index is 11.0. The molecule has 0 aromatic heterocycles. The zero-order chi connectivity index (χ0) is 18.5.